The maximum atomic E-state index is 14.3. The Morgan fingerprint density at radius 2 is 2.14 bits per heavy atom. The van der Waals surface area contributed by atoms with E-state index >= 15 is 0 Å². The molecule has 3 N–H and O–H groups in total. The third-order valence-corrected chi connectivity index (χ3v) is 5.58. The predicted molar refractivity (Wildman–Crippen MR) is 105 cm³/mol. The van der Waals surface area contributed by atoms with Crippen molar-refractivity contribution in [1.82, 2.24) is 24.3 Å². The van der Waals surface area contributed by atoms with Crippen molar-refractivity contribution >= 4 is 22.6 Å². The van der Waals surface area contributed by atoms with Crippen molar-refractivity contribution in [3.05, 3.63) is 42.9 Å². The van der Waals surface area contributed by atoms with Gasteiger partial charge < -0.3 is 19.8 Å². The van der Waals surface area contributed by atoms with Crippen molar-refractivity contribution in [3.8, 4) is 11.1 Å². The van der Waals surface area contributed by atoms with E-state index in [1.165, 1.54) is 6.07 Å². The molecule has 0 aromatic carbocycles. The fourth-order valence-electron chi connectivity index (χ4n) is 3.92. The molecule has 0 bridgehead atoms. The van der Waals surface area contributed by atoms with Gasteiger partial charge in [0.25, 0.3) is 0 Å². The highest BCUT2D eigenvalue weighted by Crippen LogP contribution is 2.31. The highest BCUT2D eigenvalue weighted by molar-refractivity contribution is 5.93. The zero-order chi connectivity index (χ0) is 19.3. The van der Waals surface area contributed by atoms with Gasteiger partial charge in [0.1, 0.15) is 5.65 Å². The van der Waals surface area contributed by atoms with Gasteiger partial charge in [-0.05, 0) is 38.7 Å². The quantitative estimate of drug-likeness (QED) is 0.506. The summed E-state index contributed by atoms with van der Waals surface area (Å²) in [5.74, 6) is 0.188. The number of halogens is 1. The Kier molecular flexibility index (Phi) is 3.83. The van der Waals surface area contributed by atoms with Crippen LogP contribution in [0.2, 0.25) is 0 Å². The first-order chi connectivity index (χ1) is 13.5. The second kappa shape index (κ2) is 6.27. The van der Waals surface area contributed by atoms with Gasteiger partial charge in [-0.2, -0.15) is 4.98 Å². The average Bonchev–Trinajstić information content (AvgIpc) is 3.30. The van der Waals surface area contributed by atoms with E-state index in [1.54, 1.807) is 23.0 Å². The summed E-state index contributed by atoms with van der Waals surface area (Å²) >= 11 is 0. The number of rotatable bonds is 3. The van der Waals surface area contributed by atoms with Crippen LogP contribution in [0.25, 0.3) is 27.8 Å². The molecule has 8 heteroatoms. The van der Waals surface area contributed by atoms with Crippen molar-refractivity contribution in [3.63, 3.8) is 0 Å². The van der Waals surface area contributed by atoms with Crippen LogP contribution in [0.1, 0.15) is 32.6 Å². The number of imidazole rings is 1. The van der Waals surface area contributed by atoms with Crippen LogP contribution in [-0.4, -0.2) is 41.1 Å². The minimum absolute atomic E-state index is 0.254. The first-order valence-electron chi connectivity index (χ1n) is 9.44. The first kappa shape index (κ1) is 17.1. The van der Waals surface area contributed by atoms with Gasteiger partial charge in [-0.3, -0.25) is 0 Å². The molecule has 0 spiro atoms. The molecule has 0 atom stereocenters. The van der Waals surface area contributed by atoms with Gasteiger partial charge in [-0.15, -0.1) is 0 Å². The normalized spacial score (nSPS) is 22.8. The Balaban J connectivity index is 1.43. The molecule has 28 heavy (non-hydrogen) atoms. The minimum atomic E-state index is -0.567. The number of nitrogens with one attached hydrogen (secondary N) is 2. The monoisotopic (exact) mass is 380 g/mol. The maximum absolute atomic E-state index is 14.3. The lowest BCUT2D eigenvalue weighted by Crippen LogP contribution is -2.36. The highest BCUT2D eigenvalue weighted by Gasteiger charge is 2.28. The van der Waals surface area contributed by atoms with Crippen molar-refractivity contribution < 1.29 is 9.50 Å². The molecule has 4 aromatic rings. The van der Waals surface area contributed by atoms with Gasteiger partial charge in [0, 0.05) is 53.5 Å². The summed E-state index contributed by atoms with van der Waals surface area (Å²) in [5, 5.41) is 14.3. The lowest BCUT2D eigenvalue weighted by Gasteiger charge is -2.33. The summed E-state index contributed by atoms with van der Waals surface area (Å²) < 4.78 is 16.0. The number of anilines is 1. The van der Waals surface area contributed by atoms with Gasteiger partial charge in [0.15, 0.2) is 11.5 Å². The third-order valence-electron chi connectivity index (χ3n) is 5.58. The molecule has 0 radical (unpaired) electrons. The molecule has 0 amide bonds. The second-order valence-corrected chi connectivity index (χ2v) is 7.81. The highest BCUT2D eigenvalue weighted by atomic mass is 19.1. The molecular formula is C20H21FN6O. The van der Waals surface area contributed by atoms with Crippen molar-refractivity contribution in [1.29, 1.82) is 0 Å². The van der Waals surface area contributed by atoms with Gasteiger partial charge in [-0.1, -0.05) is 0 Å². The van der Waals surface area contributed by atoms with E-state index in [0.29, 0.717) is 17.2 Å². The zero-order valence-corrected chi connectivity index (χ0v) is 15.5. The first-order valence-corrected chi connectivity index (χ1v) is 9.44. The average molecular weight is 380 g/mol. The van der Waals surface area contributed by atoms with E-state index in [0.717, 1.165) is 42.2 Å². The Labute approximate surface area is 160 Å². The maximum Gasteiger partial charge on any atom is 0.224 e. The Bertz CT molecular complexity index is 1150. The number of hydrogen-bond donors (Lipinski definition) is 3. The SMILES string of the molecule is CC1(O)CCC(Nc2ncc3c(-c4cc(F)c5nccn5c4)c[nH]c3n2)CC1. The molecule has 144 valence electrons. The summed E-state index contributed by atoms with van der Waals surface area (Å²) in [4.78, 5) is 16.2. The Morgan fingerprint density at radius 3 is 2.96 bits per heavy atom. The van der Waals surface area contributed by atoms with Crippen molar-refractivity contribution in [2.24, 2.45) is 0 Å². The molecule has 0 aliphatic heterocycles. The largest absolute Gasteiger partial charge is 0.390 e. The molecule has 1 aliphatic carbocycles. The molecule has 4 aromatic heterocycles. The smallest absolute Gasteiger partial charge is 0.224 e. The van der Waals surface area contributed by atoms with E-state index in [4.69, 9.17) is 0 Å². The van der Waals surface area contributed by atoms with E-state index in [1.807, 2.05) is 19.3 Å². The van der Waals surface area contributed by atoms with Crippen LogP contribution in [0.4, 0.5) is 10.3 Å². The second-order valence-electron chi connectivity index (χ2n) is 7.81. The topological polar surface area (TPSA) is 91.1 Å². The minimum Gasteiger partial charge on any atom is -0.390 e. The zero-order valence-electron chi connectivity index (χ0n) is 15.5. The molecule has 7 nitrogen and oxygen atoms in total. The molecule has 4 heterocycles. The van der Waals surface area contributed by atoms with Crippen molar-refractivity contribution in [2.75, 3.05) is 5.32 Å². The lowest BCUT2D eigenvalue weighted by molar-refractivity contribution is 0.0196. The third kappa shape index (κ3) is 2.99. The fraction of sp³-hybridized carbons (Fsp3) is 0.350. The summed E-state index contributed by atoms with van der Waals surface area (Å²) in [5.41, 5.74) is 2.00. The number of nitrogens with zero attached hydrogens (tertiary/aromatic N) is 4. The van der Waals surface area contributed by atoms with Gasteiger partial charge >= 0.3 is 0 Å². The Morgan fingerprint density at radius 1 is 1.32 bits per heavy atom. The standard InChI is InChI=1S/C20H21FN6O/c1-20(28)4-2-13(3-5-20)25-19-24-10-15-14(9-23-17(15)26-19)12-8-16(21)18-22-6-7-27(18)11-12/h6-11,13,28H,2-5H2,1H3,(H2,23,24,25,26). The molecule has 0 saturated heterocycles. The molecule has 0 unspecified atom stereocenters. The molecular weight excluding hydrogens is 359 g/mol. The lowest BCUT2D eigenvalue weighted by atomic mass is 9.84. The van der Waals surface area contributed by atoms with Gasteiger partial charge in [0.2, 0.25) is 5.95 Å². The van der Waals surface area contributed by atoms with E-state index < -0.39 is 5.60 Å². The van der Waals surface area contributed by atoms with Crippen LogP contribution in [0.3, 0.4) is 0 Å². The van der Waals surface area contributed by atoms with Crippen molar-refractivity contribution in [2.45, 2.75) is 44.2 Å². The van der Waals surface area contributed by atoms with Crippen LogP contribution < -0.4 is 5.32 Å². The molecule has 5 rings (SSSR count). The Hall–Kier alpha value is -3.00. The van der Waals surface area contributed by atoms with E-state index in [9.17, 15) is 9.50 Å². The number of aliphatic hydroxyl groups is 1. The van der Waals surface area contributed by atoms with E-state index in [-0.39, 0.29) is 11.9 Å². The number of aromatic amines is 1. The predicted octanol–water partition coefficient (Wildman–Crippen LogP) is 3.52. The number of hydrogen-bond acceptors (Lipinski definition) is 5. The fourth-order valence-corrected chi connectivity index (χ4v) is 3.92. The van der Waals surface area contributed by atoms with Crippen LogP contribution >= 0.6 is 0 Å². The summed E-state index contributed by atoms with van der Waals surface area (Å²) in [6.07, 6.45) is 12.0. The summed E-state index contributed by atoms with van der Waals surface area (Å²) in [6, 6.07) is 1.73. The van der Waals surface area contributed by atoms with Crippen LogP contribution in [-0.2, 0) is 0 Å². The van der Waals surface area contributed by atoms with Crippen LogP contribution in [0.5, 0.6) is 0 Å². The van der Waals surface area contributed by atoms with Gasteiger partial charge in [0.05, 0.1) is 5.60 Å². The summed E-state index contributed by atoms with van der Waals surface area (Å²) in [7, 11) is 0. The number of pyridine rings is 1. The summed E-state index contributed by atoms with van der Waals surface area (Å²) in [6.45, 7) is 1.89. The number of fused-ring (bicyclic) bond motifs is 2. The van der Waals surface area contributed by atoms with Gasteiger partial charge in [-0.25, -0.2) is 14.4 Å². The molecule has 1 fully saturated rings. The van der Waals surface area contributed by atoms with Crippen LogP contribution in [0, 0.1) is 5.82 Å². The molecule has 1 aliphatic rings. The van der Waals surface area contributed by atoms with Crippen LogP contribution in [0.15, 0.2) is 37.1 Å². The van der Waals surface area contributed by atoms with E-state index in [2.05, 4.69) is 25.3 Å². The number of aromatic nitrogens is 5. The number of H-pyrrole nitrogens is 1. The molecule has 1 saturated carbocycles.